The van der Waals surface area contributed by atoms with E-state index in [0.717, 1.165) is 12.1 Å². The second-order valence-electron chi connectivity index (χ2n) is 3.60. The molecular weight excluding hydrogens is 325 g/mol. The summed E-state index contributed by atoms with van der Waals surface area (Å²) in [5.41, 5.74) is 6.14. The number of nitrogens with two attached hydrogens (primary N) is 1. The summed E-state index contributed by atoms with van der Waals surface area (Å²) >= 11 is 8.75. The molecule has 18 heavy (non-hydrogen) atoms. The van der Waals surface area contributed by atoms with E-state index in [1.54, 1.807) is 12.1 Å². The highest BCUT2D eigenvalue weighted by molar-refractivity contribution is 9.10. The fraction of sp³-hybridized carbons (Fsp3) is 0. The average molecular weight is 334 g/mol. The Balaban J connectivity index is 2.40. The number of nitrogens with one attached hydrogen (secondary N) is 1. The molecule has 0 aromatic heterocycles. The van der Waals surface area contributed by atoms with Crippen molar-refractivity contribution in [1.82, 2.24) is 0 Å². The quantitative estimate of drug-likeness (QED) is 0.781. The Kier molecular flexibility index (Phi) is 3.73. The van der Waals surface area contributed by atoms with Gasteiger partial charge < -0.3 is 11.1 Å². The van der Waals surface area contributed by atoms with Crippen molar-refractivity contribution in [2.75, 3.05) is 11.1 Å². The SMILES string of the molecule is Nc1cc(Cl)ccc1Nc1c(F)cc(Br)cc1F. The molecule has 94 valence electrons. The van der Waals surface area contributed by atoms with E-state index in [2.05, 4.69) is 21.2 Å². The Labute approximate surface area is 116 Å². The van der Waals surface area contributed by atoms with Crippen molar-refractivity contribution in [3.8, 4) is 0 Å². The van der Waals surface area contributed by atoms with Gasteiger partial charge in [0.2, 0.25) is 0 Å². The van der Waals surface area contributed by atoms with Gasteiger partial charge in [0.05, 0.1) is 11.4 Å². The van der Waals surface area contributed by atoms with Gasteiger partial charge in [0.15, 0.2) is 11.6 Å². The van der Waals surface area contributed by atoms with Crippen molar-refractivity contribution < 1.29 is 8.78 Å². The van der Waals surface area contributed by atoms with Crippen LogP contribution in [-0.4, -0.2) is 0 Å². The zero-order chi connectivity index (χ0) is 13.3. The fourth-order valence-electron chi connectivity index (χ4n) is 1.44. The van der Waals surface area contributed by atoms with Crippen LogP contribution in [0.5, 0.6) is 0 Å². The predicted octanol–water partition coefficient (Wildman–Crippen LogP) is 4.71. The van der Waals surface area contributed by atoms with Crippen molar-refractivity contribution in [3.63, 3.8) is 0 Å². The molecule has 0 spiro atoms. The molecule has 2 aromatic carbocycles. The lowest BCUT2D eigenvalue weighted by Gasteiger charge is -2.11. The van der Waals surface area contributed by atoms with Crippen LogP contribution in [-0.2, 0) is 0 Å². The van der Waals surface area contributed by atoms with Crippen LogP contribution in [0.15, 0.2) is 34.8 Å². The molecule has 0 radical (unpaired) electrons. The highest BCUT2D eigenvalue weighted by Crippen LogP contribution is 2.30. The van der Waals surface area contributed by atoms with Crippen LogP contribution in [0.4, 0.5) is 25.8 Å². The molecule has 6 heteroatoms. The summed E-state index contributed by atoms with van der Waals surface area (Å²) in [4.78, 5) is 0. The minimum atomic E-state index is -0.712. The number of rotatable bonds is 2. The van der Waals surface area contributed by atoms with Gasteiger partial charge in [-0.25, -0.2) is 8.78 Å². The van der Waals surface area contributed by atoms with Gasteiger partial charge in [-0.3, -0.25) is 0 Å². The van der Waals surface area contributed by atoms with Crippen LogP contribution in [0, 0.1) is 11.6 Å². The maximum absolute atomic E-state index is 13.6. The third-order valence-corrected chi connectivity index (χ3v) is 2.97. The summed E-state index contributed by atoms with van der Waals surface area (Å²) in [5.74, 6) is -1.42. The maximum Gasteiger partial charge on any atom is 0.150 e. The van der Waals surface area contributed by atoms with E-state index in [9.17, 15) is 8.78 Å². The summed E-state index contributed by atoms with van der Waals surface area (Å²) in [6.45, 7) is 0. The molecule has 0 saturated carbocycles. The van der Waals surface area contributed by atoms with Gasteiger partial charge in [0.1, 0.15) is 5.69 Å². The van der Waals surface area contributed by atoms with E-state index in [-0.39, 0.29) is 5.69 Å². The molecule has 0 bridgehead atoms. The van der Waals surface area contributed by atoms with E-state index in [4.69, 9.17) is 17.3 Å². The summed E-state index contributed by atoms with van der Waals surface area (Å²) in [7, 11) is 0. The van der Waals surface area contributed by atoms with Crippen LogP contribution >= 0.6 is 27.5 Å². The monoisotopic (exact) mass is 332 g/mol. The van der Waals surface area contributed by atoms with Gasteiger partial charge in [-0.1, -0.05) is 27.5 Å². The first-order chi connectivity index (χ1) is 8.47. The van der Waals surface area contributed by atoms with Gasteiger partial charge >= 0.3 is 0 Å². The van der Waals surface area contributed by atoms with Gasteiger partial charge in [0.25, 0.3) is 0 Å². The van der Waals surface area contributed by atoms with Gasteiger partial charge in [-0.2, -0.15) is 0 Å². The van der Waals surface area contributed by atoms with Crippen molar-refractivity contribution in [2.45, 2.75) is 0 Å². The van der Waals surface area contributed by atoms with E-state index in [1.165, 1.54) is 6.07 Å². The van der Waals surface area contributed by atoms with Gasteiger partial charge in [-0.15, -0.1) is 0 Å². The van der Waals surface area contributed by atoms with Crippen molar-refractivity contribution in [1.29, 1.82) is 0 Å². The van der Waals surface area contributed by atoms with Crippen LogP contribution < -0.4 is 11.1 Å². The molecule has 0 saturated heterocycles. The Morgan fingerprint density at radius 3 is 2.28 bits per heavy atom. The van der Waals surface area contributed by atoms with Crippen LogP contribution in [0.3, 0.4) is 0 Å². The van der Waals surface area contributed by atoms with E-state index >= 15 is 0 Å². The molecule has 2 aromatic rings. The van der Waals surface area contributed by atoms with E-state index < -0.39 is 11.6 Å². The number of benzene rings is 2. The Bertz CT molecular complexity index is 582. The molecule has 0 aliphatic rings. The van der Waals surface area contributed by atoms with Crippen LogP contribution in [0.2, 0.25) is 5.02 Å². The third-order valence-electron chi connectivity index (χ3n) is 2.28. The lowest BCUT2D eigenvalue weighted by Crippen LogP contribution is -2.00. The Hall–Kier alpha value is -1.33. The number of anilines is 3. The first-order valence-electron chi connectivity index (χ1n) is 4.94. The summed E-state index contributed by atoms with van der Waals surface area (Å²) < 4.78 is 27.5. The first kappa shape index (κ1) is 13.1. The minimum absolute atomic E-state index is 0.257. The predicted molar refractivity (Wildman–Crippen MR) is 73.2 cm³/mol. The zero-order valence-electron chi connectivity index (χ0n) is 8.98. The van der Waals surface area contributed by atoms with Crippen molar-refractivity contribution in [3.05, 3.63) is 51.5 Å². The standard InChI is InChI=1S/C12H8BrClF2N2/c13-6-3-8(15)12(9(16)4-6)18-11-2-1-7(14)5-10(11)17/h1-5,18H,17H2. The van der Waals surface area contributed by atoms with Crippen molar-refractivity contribution in [2.24, 2.45) is 0 Å². The second-order valence-corrected chi connectivity index (χ2v) is 4.95. The maximum atomic E-state index is 13.6. The summed E-state index contributed by atoms with van der Waals surface area (Å²) in [6, 6.07) is 6.96. The summed E-state index contributed by atoms with van der Waals surface area (Å²) in [5, 5.41) is 3.06. The largest absolute Gasteiger partial charge is 0.397 e. The fourth-order valence-corrected chi connectivity index (χ4v) is 2.03. The number of hydrogen-bond donors (Lipinski definition) is 2. The zero-order valence-corrected chi connectivity index (χ0v) is 11.3. The number of hydrogen-bond acceptors (Lipinski definition) is 2. The van der Waals surface area contributed by atoms with Gasteiger partial charge in [-0.05, 0) is 30.3 Å². The van der Waals surface area contributed by atoms with E-state index in [1.807, 2.05) is 0 Å². The molecule has 2 rings (SSSR count). The number of nitrogen functional groups attached to an aromatic ring is 1. The molecule has 0 amide bonds. The molecule has 0 aliphatic heterocycles. The highest BCUT2D eigenvalue weighted by atomic mass is 79.9. The highest BCUT2D eigenvalue weighted by Gasteiger charge is 2.12. The van der Waals surface area contributed by atoms with Crippen LogP contribution in [0.25, 0.3) is 0 Å². The molecule has 0 atom stereocenters. The normalized spacial score (nSPS) is 10.4. The third kappa shape index (κ3) is 2.73. The molecule has 2 nitrogen and oxygen atoms in total. The first-order valence-corrected chi connectivity index (χ1v) is 6.11. The van der Waals surface area contributed by atoms with Crippen LogP contribution in [0.1, 0.15) is 0 Å². The topological polar surface area (TPSA) is 38.0 Å². The summed E-state index contributed by atoms with van der Waals surface area (Å²) in [6.07, 6.45) is 0. The lowest BCUT2D eigenvalue weighted by molar-refractivity contribution is 0.589. The Morgan fingerprint density at radius 1 is 1.11 bits per heavy atom. The average Bonchev–Trinajstić information content (AvgIpc) is 2.25. The van der Waals surface area contributed by atoms with Gasteiger partial charge in [0, 0.05) is 9.50 Å². The Morgan fingerprint density at radius 2 is 1.72 bits per heavy atom. The second kappa shape index (κ2) is 5.12. The van der Waals surface area contributed by atoms with E-state index in [0.29, 0.717) is 20.9 Å². The molecule has 0 heterocycles. The molecule has 0 fully saturated rings. The lowest BCUT2D eigenvalue weighted by atomic mass is 10.2. The number of halogens is 4. The molecule has 0 aliphatic carbocycles. The molecule has 3 N–H and O–H groups in total. The van der Waals surface area contributed by atoms with Crippen molar-refractivity contribution >= 4 is 44.6 Å². The molecular formula is C12H8BrClF2N2. The molecule has 0 unspecified atom stereocenters. The minimum Gasteiger partial charge on any atom is -0.397 e. The smallest absolute Gasteiger partial charge is 0.150 e.